The molecule has 1 aromatic rings. The van der Waals surface area contributed by atoms with Crippen LogP contribution in [0.4, 0.5) is 4.79 Å². The minimum Gasteiger partial charge on any atom is -0.493 e. The Labute approximate surface area is 170 Å². The molecule has 1 aromatic carbocycles. The highest BCUT2D eigenvalue weighted by Gasteiger charge is 2.18. The van der Waals surface area contributed by atoms with Crippen LogP contribution in [-0.2, 0) is 5.41 Å². The quantitative estimate of drug-likeness (QED) is 0.650. The van der Waals surface area contributed by atoms with Crippen LogP contribution in [0.3, 0.4) is 0 Å². The molecule has 27 heavy (non-hydrogen) atoms. The van der Waals surface area contributed by atoms with Crippen molar-refractivity contribution in [1.29, 1.82) is 0 Å². The zero-order chi connectivity index (χ0) is 19.2. The molecule has 5 nitrogen and oxygen atoms in total. The van der Waals surface area contributed by atoms with Gasteiger partial charge in [0.05, 0.1) is 6.61 Å². The fourth-order valence-electron chi connectivity index (χ4n) is 3.00. The lowest BCUT2D eigenvalue weighted by atomic mass is 9.87. The van der Waals surface area contributed by atoms with E-state index >= 15 is 0 Å². The predicted molar refractivity (Wildman–Crippen MR) is 113 cm³/mol. The van der Waals surface area contributed by atoms with Crippen LogP contribution in [0.5, 0.6) is 11.5 Å². The number of piperidine rings is 1. The Morgan fingerprint density at radius 1 is 1.07 bits per heavy atom. The Bertz CT molecular complexity index is 594. The molecule has 0 aliphatic carbocycles. The highest BCUT2D eigenvalue weighted by atomic mass is 35.5. The summed E-state index contributed by atoms with van der Waals surface area (Å²) in [7, 11) is 3.35. The number of hydrogen-bond acceptors (Lipinski definition) is 4. The summed E-state index contributed by atoms with van der Waals surface area (Å²) in [5.41, 5.74) is 1.04. The number of carbonyl (C=O) groups is 1. The zero-order valence-corrected chi connectivity index (χ0v) is 18.2. The monoisotopic (exact) mass is 398 g/mol. The number of halogens is 1. The van der Waals surface area contributed by atoms with Crippen LogP contribution in [0, 0.1) is 0 Å². The summed E-state index contributed by atoms with van der Waals surface area (Å²) in [6, 6.07) is 5.77. The molecule has 1 amide bonds. The van der Waals surface area contributed by atoms with Crippen molar-refractivity contribution in [3.63, 3.8) is 0 Å². The van der Waals surface area contributed by atoms with Crippen LogP contribution < -0.4 is 9.47 Å². The van der Waals surface area contributed by atoms with Crippen molar-refractivity contribution in [2.45, 2.75) is 51.9 Å². The minimum atomic E-state index is -0.382. The lowest BCUT2D eigenvalue weighted by Gasteiger charge is -2.26. The first-order valence-corrected chi connectivity index (χ1v) is 9.65. The third kappa shape index (κ3) is 7.97. The van der Waals surface area contributed by atoms with Gasteiger partial charge in [-0.15, -0.1) is 12.4 Å². The highest BCUT2D eigenvalue weighted by molar-refractivity contribution is 5.85. The largest absolute Gasteiger partial charge is 0.493 e. The second kappa shape index (κ2) is 10.8. The van der Waals surface area contributed by atoms with Gasteiger partial charge in [-0.2, -0.15) is 0 Å². The van der Waals surface area contributed by atoms with E-state index in [0.717, 1.165) is 24.3 Å². The van der Waals surface area contributed by atoms with Gasteiger partial charge in [0.1, 0.15) is 11.5 Å². The van der Waals surface area contributed by atoms with Crippen molar-refractivity contribution in [3.05, 3.63) is 23.8 Å². The van der Waals surface area contributed by atoms with E-state index in [1.54, 1.807) is 20.2 Å². The van der Waals surface area contributed by atoms with Crippen LogP contribution in [0.15, 0.2) is 18.2 Å². The molecule has 0 aromatic heterocycles. The van der Waals surface area contributed by atoms with E-state index in [4.69, 9.17) is 9.47 Å². The molecule has 2 rings (SSSR count). The maximum absolute atomic E-state index is 11.9. The Morgan fingerprint density at radius 3 is 2.30 bits per heavy atom. The number of benzene rings is 1. The summed E-state index contributed by atoms with van der Waals surface area (Å²) in [6.07, 6.45) is 4.62. The molecule has 0 radical (unpaired) electrons. The molecule has 0 atom stereocenters. The third-order valence-corrected chi connectivity index (χ3v) is 4.65. The number of likely N-dealkylation sites (tertiary alicyclic amines) is 1. The number of amides is 1. The second-order valence-electron chi connectivity index (χ2n) is 8.31. The van der Waals surface area contributed by atoms with E-state index in [1.807, 2.05) is 12.1 Å². The van der Waals surface area contributed by atoms with Gasteiger partial charge in [-0.3, -0.25) is 0 Å². The molecule has 1 aliphatic rings. The van der Waals surface area contributed by atoms with Gasteiger partial charge in [-0.25, -0.2) is 4.79 Å². The fourth-order valence-corrected chi connectivity index (χ4v) is 3.00. The average Bonchev–Trinajstić information content (AvgIpc) is 2.58. The Morgan fingerprint density at radius 2 is 1.70 bits per heavy atom. The maximum atomic E-state index is 11.9. The smallest absolute Gasteiger partial charge is 0.414 e. The minimum absolute atomic E-state index is 0. The van der Waals surface area contributed by atoms with Gasteiger partial charge >= 0.3 is 6.09 Å². The van der Waals surface area contributed by atoms with E-state index in [9.17, 15) is 4.79 Å². The van der Waals surface area contributed by atoms with Crippen molar-refractivity contribution < 1.29 is 14.3 Å². The number of ether oxygens (including phenoxy) is 2. The van der Waals surface area contributed by atoms with Crippen LogP contribution in [-0.4, -0.2) is 56.2 Å². The first-order valence-electron chi connectivity index (χ1n) is 9.65. The average molecular weight is 399 g/mol. The van der Waals surface area contributed by atoms with Gasteiger partial charge < -0.3 is 19.3 Å². The normalized spacial score (nSPS) is 15.0. The van der Waals surface area contributed by atoms with E-state index in [2.05, 4.69) is 25.7 Å². The zero-order valence-electron chi connectivity index (χ0n) is 17.4. The topological polar surface area (TPSA) is 42.0 Å². The molecule has 0 unspecified atom stereocenters. The SMILES string of the molecule is CN(C)C(=O)Oc1cc(OCCCN2CCCCC2)cc(C(C)(C)C)c1.Cl. The van der Waals surface area contributed by atoms with E-state index in [0.29, 0.717) is 12.4 Å². The molecule has 0 N–H and O–H groups in total. The van der Waals surface area contributed by atoms with E-state index in [1.165, 1.54) is 37.3 Å². The summed E-state index contributed by atoms with van der Waals surface area (Å²) < 4.78 is 11.4. The summed E-state index contributed by atoms with van der Waals surface area (Å²) in [5.74, 6) is 1.29. The lowest BCUT2D eigenvalue weighted by molar-refractivity contribution is 0.171. The van der Waals surface area contributed by atoms with Gasteiger partial charge in [-0.1, -0.05) is 27.2 Å². The standard InChI is InChI=1S/C21H34N2O3.ClH/c1-21(2,3)17-14-18(16-19(15-17)26-20(24)22(4)5)25-13-9-12-23-10-7-6-8-11-23;/h14-16H,6-13H2,1-5H3;1H. The number of hydrogen-bond donors (Lipinski definition) is 0. The van der Waals surface area contributed by atoms with E-state index in [-0.39, 0.29) is 23.9 Å². The van der Waals surface area contributed by atoms with Crippen LogP contribution in [0.25, 0.3) is 0 Å². The third-order valence-electron chi connectivity index (χ3n) is 4.65. The van der Waals surface area contributed by atoms with Gasteiger partial charge in [0.15, 0.2) is 0 Å². The van der Waals surface area contributed by atoms with Crippen LogP contribution in [0.1, 0.15) is 52.0 Å². The molecule has 1 saturated heterocycles. The molecule has 0 spiro atoms. The van der Waals surface area contributed by atoms with Gasteiger partial charge in [0.25, 0.3) is 0 Å². The maximum Gasteiger partial charge on any atom is 0.414 e. The van der Waals surface area contributed by atoms with Crippen molar-refractivity contribution >= 4 is 18.5 Å². The van der Waals surface area contributed by atoms with Crippen LogP contribution >= 0.6 is 12.4 Å². The van der Waals surface area contributed by atoms with Crippen molar-refractivity contribution in [2.75, 3.05) is 40.3 Å². The molecular weight excluding hydrogens is 364 g/mol. The molecule has 0 saturated carbocycles. The first kappa shape index (κ1) is 23.6. The first-order chi connectivity index (χ1) is 12.3. The molecule has 1 heterocycles. The lowest BCUT2D eigenvalue weighted by Crippen LogP contribution is -2.31. The van der Waals surface area contributed by atoms with Crippen molar-refractivity contribution in [1.82, 2.24) is 9.80 Å². The molecule has 1 fully saturated rings. The van der Waals surface area contributed by atoms with E-state index < -0.39 is 0 Å². The molecule has 6 heteroatoms. The summed E-state index contributed by atoms with van der Waals surface area (Å²) in [5, 5.41) is 0. The van der Waals surface area contributed by atoms with Crippen LogP contribution in [0.2, 0.25) is 0 Å². The number of carbonyl (C=O) groups excluding carboxylic acids is 1. The molecule has 0 bridgehead atoms. The highest BCUT2D eigenvalue weighted by Crippen LogP contribution is 2.31. The van der Waals surface area contributed by atoms with Gasteiger partial charge in [0, 0.05) is 26.7 Å². The Kier molecular flexibility index (Phi) is 9.40. The summed E-state index contributed by atoms with van der Waals surface area (Å²) in [4.78, 5) is 15.8. The number of rotatable bonds is 6. The summed E-state index contributed by atoms with van der Waals surface area (Å²) in [6.45, 7) is 10.6. The molecule has 154 valence electrons. The second-order valence-corrected chi connectivity index (χ2v) is 8.31. The molecule has 1 aliphatic heterocycles. The van der Waals surface area contributed by atoms with Crippen molar-refractivity contribution in [2.24, 2.45) is 0 Å². The fraction of sp³-hybridized carbons (Fsp3) is 0.667. The van der Waals surface area contributed by atoms with Gasteiger partial charge in [0.2, 0.25) is 0 Å². The summed E-state index contributed by atoms with van der Waals surface area (Å²) >= 11 is 0. The Balaban J connectivity index is 0.00000364. The number of nitrogens with zero attached hydrogens (tertiary/aromatic N) is 2. The predicted octanol–water partition coefficient (Wildman–Crippen LogP) is 4.72. The van der Waals surface area contributed by atoms with Gasteiger partial charge in [-0.05, 0) is 55.5 Å². The Hall–Kier alpha value is -1.46. The molecular formula is C21H35ClN2O3. The van der Waals surface area contributed by atoms with Crippen molar-refractivity contribution in [3.8, 4) is 11.5 Å².